The van der Waals surface area contributed by atoms with Crippen LogP contribution in [0.4, 0.5) is 0 Å². The van der Waals surface area contributed by atoms with E-state index in [-0.39, 0.29) is 0 Å². The van der Waals surface area contributed by atoms with Gasteiger partial charge in [0.2, 0.25) is 0 Å². The Labute approximate surface area is 119 Å². The van der Waals surface area contributed by atoms with Gasteiger partial charge in [-0.3, -0.25) is 0 Å². The first-order chi connectivity index (χ1) is 9.13. The van der Waals surface area contributed by atoms with Crippen molar-refractivity contribution in [2.24, 2.45) is 11.8 Å². The van der Waals surface area contributed by atoms with Crippen LogP contribution in [0.25, 0.3) is 0 Å². The Balaban J connectivity index is 1.60. The molecule has 0 radical (unpaired) electrons. The Morgan fingerprint density at radius 3 is 2.37 bits per heavy atom. The number of nitrogens with zero attached hydrogens (tertiary/aromatic N) is 2. The lowest BCUT2D eigenvalue weighted by Gasteiger charge is -2.25. The van der Waals surface area contributed by atoms with Gasteiger partial charge in [-0.15, -0.1) is 0 Å². The lowest BCUT2D eigenvalue weighted by Crippen LogP contribution is -2.35. The van der Waals surface area contributed by atoms with Gasteiger partial charge in [0.25, 0.3) is 0 Å². The lowest BCUT2D eigenvalue weighted by molar-refractivity contribution is 0.221. The summed E-state index contributed by atoms with van der Waals surface area (Å²) in [5, 5.41) is 3.59. The highest BCUT2D eigenvalue weighted by atomic mass is 15.2. The van der Waals surface area contributed by atoms with Gasteiger partial charge in [0.1, 0.15) is 0 Å². The molecule has 0 aromatic carbocycles. The van der Waals surface area contributed by atoms with E-state index in [2.05, 4.69) is 35.9 Å². The van der Waals surface area contributed by atoms with E-state index in [4.69, 9.17) is 0 Å². The third-order valence-electron chi connectivity index (χ3n) is 4.52. The molecule has 2 saturated heterocycles. The van der Waals surface area contributed by atoms with E-state index in [0.29, 0.717) is 6.04 Å². The van der Waals surface area contributed by atoms with Crippen molar-refractivity contribution in [2.75, 3.05) is 45.8 Å². The molecule has 1 N–H and O–H groups in total. The van der Waals surface area contributed by atoms with E-state index in [0.717, 1.165) is 11.8 Å². The Bertz CT molecular complexity index is 248. The van der Waals surface area contributed by atoms with Gasteiger partial charge in [0.15, 0.2) is 0 Å². The third-order valence-corrected chi connectivity index (χ3v) is 4.52. The third kappa shape index (κ3) is 5.41. The molecular weight excluding hydrogens is 234 g/mol. The van der Waals surface area contributed by atoms with Gasteiger partial charge in [-0.1, -0.05) is 20.8 Å². The van der Waals surface area contributed by atoms with Crippen molar-refractivity contribution in [3.63, 3.8) is 0 Å². The number of rotatable bonds is 7. The number of hydrogen-bond donors (Lipinski definition) is 1. The van der Waals surface area contributed by atoms with Crippen molar-refractivity contribution in [3.05, 3.63) is 0 Å². The fourth-order valence-corrected chi connectivity index (χ4v) is 3.55. The van der Waals surface area contributed by atoms with Crippen LogP contribution in [0.5, 0.6) is 0 Å². The quantitative estimate of drug-likeness (QED) is 0.761. The molecule has 2 aliphatic heterocycles. The molecule has 2 heterocycles. The number of hydrogen-bond acceptors (Lipinski definition) is 3. The molecule has 0 aromatic heterocycles. The summed E-state index contributed by atoms with van der Waals surface area (Å²) in [6.45, 7) is 16.0. The molecule has 3 nitrogen and oxygen atoms in total. The molecule has 112 valence electrons. The van der Waals surface area contributed by atoms with Crippen LogP contribution in [0.2, 0.25) is 0 Å². The Morgan fingerprint density at radius 2 is 1.68 bits per heavy atom. The summed E-state index contributed by atoms with van der Waals surface area (Å²) in [6.07, 6.45) is 4.22. The summed E-state index contributed by atoms with van der Waals surface area (Å²) in [5.41, 5.74) is 0. The summed E-state index contributed by atoms with van der Waals surface area (Å²) in [4.78, 5) is 5.34. The van der Waals surface area contributed by atoms with E-state index >= 15 is 0 Å². The zero-order chi connectivity index (χ0) is 13.7. The molecule has 0 spiro atoms. The maximum absolute atomic E-state index is 3.59. The molecule has 0 amide bonds. The molecule has 0 aromatic rings. The van der Waals surface area contributed by atoms with Gasteiger partial charge < -0.3 is 15.1 Å². The lowest BCUT2D eigenvalue weighted by atomic mass is 10.1. The number of nitrogens with one attached hydrogen (secondary N) is 1. The Kier molecular flexibility index (Phi) is 6.11. The van der Waals surface area contributed by atoms with Crippen molar-refractivity contribution in [1.29, 1.82) is 0 Å². The molecule has 2 unspecified atom stereocenters. The smallest absolute Gasteiger partial charge is 0.00224 e. The molecule has 3 heteroatoms. The highest BCUT2D eigenvalue weighted by molar-refractivity contribution is 4.80. The Morgan fingerprint density at radius 1 is 1.00 bits per heavy atom. The van der Waals surface area contributed by atoms with Crippen molar-refractivity contribution >= 4 is 0 Å². The van der Waals surface area contributed by atoms with Crippen molar-refractivity contribution in [3.8, 4) is 0 Å². The Hall–Kier alpha value is -0.120. The van der Waals surface area contributed by atoms with Gasteiger partial charge in [-0.2, -0.15) is 0 Å². The van der Waals surface area contributed by atoms with E-state index in [9.17, 15) is 0 Å². The second-order valence-corrected chi connectivity index (χ2v) is 7.09. The molecule has 2 atom stereocenters. The van der Waals surface area contributed by atoms with E-state index in [1.54, 1.807) is 0 Å². The molecule has 2 fully saturated rings. The fraction of sp³-hybridized carbons (Fsp3) is 1.00. The average molecular weight is 267 g/mol. The first-order valence-corrected chi connectivity index (χ1v) is 8.31. The van der Waals surface area contributed by atoms with Crippen molar-refractivity contribution in [1.82, 2.24) is 15.1 Å². The first-order valence-electron chi connectivity index (χ1n) is 8.31. The molecular formula is C16H33N3. The van der Waals surface area contributed by atoms with Gasteiger partial charge in [0, 0.05) is 25.7 Å². The standard InChI is InChI=1S/C16H33N3/c1-14(2)17-10-16-6-9-19(13-16)12-15(3)11-18-7-4-5-8-18/h14-17H,4-13H2,1-3H3. The summed E-state index contributed by atoms with van der Waals surface area (Å²) < 4.78 is 0. The average Bonchev–Trinajstić information content (AvgIpc) is 2.98. The summed E-state index contributed by atoms with van der Waals surface area (Å²) in [6, 6.07) is 0.628. The van der Waals surface area contributed by atoms with Crippen LogP contribution >= 0.6 is 0 Å². The highest BCUT2D eigenvalue weighted by Gasteiger charge is 2.24. The van der Waals surface area contributed by atoms with Gasteiger partial charge in [-0.05, 0) is 57.3 Å². The zero-order valence-electron chi connectivity index (χ0n) is 13.2. The van der Waals surface area contributed by atoms with E-state index in [1.165, 1.54) is 65.1 Å². The topological polar surface area (TPSA) is 18.5 Å². The maximum atomic E-state index is 3.59. The maximum Gasteiger partial charge on any atom is 0.00224 e. The van der Waals surface area contributed by atoms with Gasteiger partial charge in [0.05, 0.1) is 0 Å². The molecule has 0 saturated carbocycles. The van der Waals surface area contributed by atoms with Gasteiger partial charge in [-0.25, -0.2) is 0 Å². The van der Waals surface area contributed by atoms with Crippen LogP contribution in [0.3, 0.4) is 0 Å². The van der Waals surface area contributed by atoms with Crippen LogP contribution in [0, 0.1) is 11.8 Å². The predicted octanol–water partition coefficient (Wildman–Crippen LogP) is 2.04. The minimum Gasteiger partial charge on any atom is -0.314 e. The van der Waals surface area contributed by atoms with Crippen LogP contribution in [0.15, 0.2) is 0 Å². The highest BCUT2D eigenvalue weighted by Crippen LogP contribution is 2.18. The number of likely N-dealkylation sites (tertiary alicyclic amines) is 2. The monoisotopic (exact) mass is 267 g/mol. The van der Waals surface area contributed by atoms with Crippen LogP contribution < -0.4 is 5.32 Å². The van der Waals surface area contributed by atoms with Crippen LogP contribution in [-0.2, 0) is 0 Å². The van der Waals surface area contributed by atoms with E-state index < -0.39 is 0 Å². The SMILES string of the molecule is CC(CN1CCCC1)CN1CCC(CNC(C)C)C1. The minimum absolute atomic E-state index is 0.628. The second kappa shape index (κ2) is 7.61. The van der Waals surface area contributed by atoms with Gasteiger partial charge >= 0.3 is 0 Å². The molecule has 19 heavy (non-hydrogen) atoms. The zero-order valence-corrected chi connectivity index (χ0v) is 13.2. The summed E-state index contributed by atoms with van der Waals surface area (Å²) in [7, 11) is 0. The predicted molar refractivity (Wildman–Crippen MR) is 82.5 cm³/mol. The minimum atomic E-state index is 0.628. The first kappa shape index (κ1) is 15.3. The molecule has 2 rings (SSSR count). The largest absolute Gasteiger partial charge is 0.314 e. The summed E-state index contributed by atoms with van der Waals surface area (Å²) in [5.74, 6) is 1.70. The van der Waals surface area contributed by atoms with E-state index in [1.807, 2.05) is 0 Å². The second-order valence-electron chi connectivity index (χ2n) is 7.09. The van der Waals surface area contributed by atoms with Crippen LogP contribution in [0.1, 0.15) is 40.0 Å². The summed E-state index contributed by atoms with van der Waals surface area (Å²) >= 11 is 0. The molecule has 2 aliphatic rings. The normalized spacial score (nSPS) is 27.5. The van der Waals surface area contributed by atoms with Crippen LogP contribution in [-0.4, -0.2) is 61.7 Å². The van der Waals surface area contributed by atoms with Crippen molar-refractivity contribution in [2.45, 2.75) is 46.1 Å². The molecule has 0 aliphatic carbocycles. The fourth-order valence-electron chi connectivity index (χ4n) is 3.55. The van der Waals surface area contributed by atoms with Crippen molar-refractivity contribution < 1.29 is 0 Å². The molecule has 0 bridgehead atoms.